The third-order valence-electron chi connectivity index (χ3n) is 5.08. The van der Waals surface area contributed by atoms with Gasteiger partial charge in [0.1, 0.15) is 6.04 Å². The van der Waals surface area contributed by atoms with E-state index >= 15 is 0 Å². The molecule has 0 aliphatic carbocycles. The highest BCUT2D eigenvalue weighted by molar-refractivity contribution is 6.25. The van der Waals surface area contributed by atoms with Gasteiger partial charge in [0.2, 0.25) is 11.8 Å². The molecule has 0 bridgehead atoms. The summed E-state index contributed by atoms with van der Waals surface area (Å²) in [7, 11) is 3.96. The number of likely N-dealkylation sites (N-methyl/N-ethyl adjacent to an activating group) is 1. The fourth-order valence-electron chi connectivity index (χ4n) is 3.49. The smallest absolute Gasteiger partial charge is 0.264 e. The zero-order valence-electron chi connectivity index (χ0n) is 17.8. The van der Waals surface area contributed by atoms with Gasteiger partial charge in [0.05, 0.1) is 37.6 Å². The number of hydrogen-bond donors (Lipinski definition) is 2. The van der Waals surface area contributed by atoms with Crippen LogP contribution >= 0.6 is 0 Å². The minimum Gasteiger partial charge on any atom is -0.382 e. The standard InChI is InChI=1S/C21H28N4O6/c1-24(2)9-11-31-13-12-30-10-8-22-15-5-3-4-14-18(15)21(29)25(20(14)28)16-6-7-17(26)23-19(16)27/h3-5,16,22H,6-13H2,1-2H3,(H,23,26,27). The van der Waals surface area contributed by atoms with E-state index in [4.69, 9.17) is 9.47 Å². The molecule has 10 nitrogen and oxygen atoms in total. The molecule has 2 N–H and O–H groups in total. The zero-order chi connectivity index (χ0) is 22.4. The van der Waals surface area contributed by atoms with Crippen LogP contribution in [-0.4, -0.2) is 93.1 Å². The van der Waals surface area contributed by atoms with E-state index in [0.29, 0.717) is 38.7 Å². The van der Waals surface area contributed by atoms with Crippen LogP contribution in [0.25, 0.3) is 0 Å². The van der Waals surface area contributed by atoms with Gasteiger partial charge in [0.25, 0.3) is 11.8 Å². The number of carbonyl (C=O) groups is 4. The van der Waals surface area contributed by atoms with E-state index in [2.05, 4.69) is 10.6 Å². The lowest BCUT2D eigenvalue weighted by molar-refractivity contribution is -0.136. The number of fused-ring (bicyclic) bond motifs is 1. The molecule has 168 valence electrons. The van der Waals surface area contributed by atoms with E-state index in [1.54, 1.807) is 18.2 Å². The van der Waals surface area contributed by atoms with E-state index in [9.17, 15) is 19.2 Å². The molecule has 2 aliphatic rings. The Kier molecular flexibility index (Phi) is 7.72. The van der Waals surface area contributed by atoms with E-state index in [-0.39, 0.29) is 24.0 Å². The topological polar surface area (TPSA) is 117 Å². The van der Waals surface area contributed by atoms with Crippen molar-refractivity contribution in [3.05, 3.63) is 29.3 Å². The first-order chi connectivity index (χ1) is 14.9. The van der Waals surface area contributed by atoms with Crippen LogP contribution in [-0.2, 0) is 19.1 Å². The van der Waals surface area contributed by atoms with Gasteiger partial charge in [0, 0.05) is 25.2 Å². The van der Waals surface area contributed by atoms with Crippen molar-refractivity contribution in [2.45, 2.75) is 18.9 Å². The van der Waals surface area contributed by atoms with Crippen LogP contribution in [0.3, 0.4) is 0 Å². The average molecular weight is 432 g/mol. The second-order valence-electron chi connectivity index (χ2n) is 7.63. The highest BCUT2D eigenvalue weighted by Crippen LogP contribution is 2.32. The number of carbonyl (C=O) groups excluding carboxylic acids is 4. The van der Waals surface area contributed by atoms with Gasteiger partial charge < -0.3 is 19.7 Å². The Balaban J connectivity index is 1.52. The normalized spacial score (nSPS) is 18.5. The van der Waals surface area contributed by atoms with Crippen LogP contribution in [0.4, 0.5) is 5.69 Å². The molecule has 0 saturated carbocycles. The first kappa shape index (κ1) is 22.9. The Hall–Kier alpha value is -2.82. The Morgan fingerprint density at radius 1 is 1.06 bits per heavy atom. The number of nitrogens with one attached hydrogen (secondary N) is 2. The van der Waals surface area contributed by atoms with Crippen LogP contribution in [0.5, 0.6) is 0 Å². The largest absolute Gasteiger partial charge is 0.382 e. The third kappa shape index (κ3) is 5.46. The number of nitrogens with zero attached hydrogens (tertiary/aromatic N) is 2. The number of rotatable bonds is 11. The molecule has 31 heavy (non-hydrogen) atoms. The second-order valence-corrected chi connectivity index (χ2v) is 7.63. The molecule has 1 saturated heterocycles. The molecule has 2 heterocycles. The molecule has 1 unspecified atom stereocenters. The lowest BCUT2D eigenvalue weighted by Crippen LogP contribution is -2.54. The van der Waals surface area contributed by atoms with Gasteiger partial charge in [-0.25, -0.2) is 0 Å². The Labute approximate surface area is 180 Å². The molecule has 1 aromatic carbocycles. The lowest BCUT2D eigenvalue weighted by atomic mass is 10.0. The highest BCUT2D eigenvalue weighted by Gasteiger charge is 2.45. The maximum Gasteiger partial charge on any atom is 0.264 e. The van der Waals surface area contributed by atoms with Gasteiger partial charge in [-0.15, -0.1) is 0 Å². The minimum atomic E-state index is -0.978. The number of benzene rings is 1. The molecule has 2 aliphatic heterocycles. The SMILES string of the molecule is CN(C)CCOCCOCCNc1cccc2c1C(=O)N(C1CCC(=O)NC1=O)C2=O. The fraction of sp³-hybridized carbons (Fsp3) is 0.524. The number of ether oxygens (including phenoxy) is 2. The van der Waals surface area contributed by atoms with Crippen LogP contribution in [0.1, 0.15) is 33.6 Å². The fourth-order valence-corrected chi connectivity index (χ4v) is 3.49. The van der Waals surface area contributed by atoms with Crippen molar-refractivity contribution >= 4 is 29.3 Å². The maximum absolute atomic E-state index is 13.0. The quantitative estimate of drug-likeness (QED) is 0.373. The number of piperidine rings is 1. The Morgan fingerprint density at radius 3 is 2.52 bits per heavy atom. The molecule has 0 aromatic heterocycles. The van der Waals surface area contributed by atoms with E-state index in [1.807, 2.05) is 19.0 Å². The van der Waals surface area contributed by atoms with E-state index < -0.39 is 29.7 Å². The summed E-state index contributed by atoms with van der Waals surface area (Å²) in [5.41, 5.74) is 0.996. The van der Waals surface area contributed by atoms with Gasteiger partial charge in [-0.2, -0.15) is 0 Å². The van der Waals surface area contributed by atoms with Crippen molar-refractivity contribution in [3.63, 3.8) is 0 Å². The van der Waals surface area contributed by atoms with Crippen LogP contribution in [0, 0.1) is 0 Å². The molecular formula is C21H28N4O6. The summed E-state index contributed by atoms with van der Waals surface area (Å²) < 4.78 is 11.0. The molecule has 1 atom stereocenters. The summed E-state index contributed by atoms with van der Waals surface area (Å²) >= 11 is 0. The summed E-state index contributed by atoms with van der Waals surface area (Å²) in [6.45, 7) is 3.30. The molecule has 10 heteroatoms. The van der Waals surface area contributed by atoms with Gasteiger partial charge >= 0.3 is 0 Å². The number of amides is 4. The predicted octanol–water partition coefficient (Wildman–Crippen LogP) is 0.0945. The van der Waals surface area contributed by atoms with Crippen molar-refractivity contribution in [2.24, 2.45) is 0 Å². The molecule has 1 fully saturated rings. The predicted molar refractivity (Wildman–Crippen MR) is 112 cm³/mol. The van der Waals surface area contributed by atoms with Crippen molar-refractivity contribution in [1.29, 1.82) is 0 Å². The summed E-state index contributed by atoms with van der Waals surface area (Å²) in [6.07, 6.45) is 0.217. The zero-order valence-corrected chi connectivity index (χ0v) is 17.8. The highest BCUT2D eigenvalue weighted by atomic mass is 16.5. The Morgan fingerprint density at radius 2 is 1.81 bits per heavy atom. The lowest BCUT2D eigenvalue weighted by Gasteiger charge is -2.27. The maximum atomic E-state index is 13.0. The van der Waals surface area contributed by atoms with Crippen molar-refractivity contribution in [2.75, 3.05) is 58.9 Å². The first-order valence-corrected chi connectivity index (χ1v) is 10.3. The minimum absolute atomic E-state index is 0.0884. The summed E-state index contributed by atoms with van der Waals surface area (Å²) in [5, 5.41) is 5.32. The average Bonchev–Trinajstić information content (AvgIpc) is 2.98. The number of anilines is 1. The first-order valence-electron chi connectivity index (χ1n) is 10.3. The van der Waals surface area contributed by atoms with Crippen molar-refractivity contribution < 1.29 is 28.7 Å². The van der Waals surface area contributed by atoms with Gasteiger partial charge in [0.15, 0.2) is 0 Å². The second kappa shape index (κ2) is 10.5. The van der Waals surface area contributed by atoms with Crippen molar-refractivity contribution in [3.8, 4) is 0 Å². The molecule has 0 radical (unpaired) electrons. The van der Waals surface area contributed by atoms with Crippen LogP contribution in [0.15, 0.2) is 18.2 Å². The molecule has 3 rings (SSSR count). The monoisotopic (exact) mass is 432 g/mol. The third-order valence-corrected chi connectivity index (χ3v) is 5.08. The summed E-state index contributed by atoms with van der Waals surface area (Å²) in [4.78, 5) is 52.3. The molecular weight excluding hydrogens is 404 g/mol. The number of imide groups is 2. The molecule has 4 amide bonds. The molecule has 0 spiro atoms. The van der Waals surface area contributed by atoms with E-state index in [0.717, 1.165) is 11.4 Å². The van der Waals surface area contributed by atoms with E-state index in [1.165, 1.54) is 0 Å². The van der Waals surface area contributed by atoms with Crippen molar-refractivity contribution in [1.82, 2.24) is 15.1 Å². The van der Waals surface area contributed by atoms with Crippen LogP contribution in [0.2, 0.25) is 0 Å². The van der Waals surface area contributed by atoms with Crippen LogP contribution < -0.4 is 10.6 Å². The number of hydrogen-bond acceptors (Lipinski definition) is 8. The Bertz CT molecular complexity index is 856. The molecule has 1 aromatic rings. The van der Waals surface area contributed by atoms with Gasteiger partial charge in [-0.05, 0) is 32.6 Å². The van der Waals surface area contributed by atoms with Gasteiger partial charge in [-0.1, -0.05) is 6.07 Å². The summed E-state index contributed by atoms with van der Waals surface area (Å²) in [5.74, 6) is -2.08. The van der Waals surface area contributed by atoms with Gasteiger partial charge in [-0.3, -0.25) is 29.4 Å². The summed E-state index contributed by atoms with van der Waals surface area (Å²) in [6, 6.07) is 3.98.